The van der Waals surface area contributed by atoms with Gasteiger partial charge in [-0.15, -0.1) is 0 Å². The number of benzene rings is 1. The lowest BCUT2D eigenvalue weighted by molar-refractivity contribution is 0.0618. The maximum Gasteiger partial charge on any atom is 0.137 e. The number of β-amino-alcohol motifs (C(OH)–C–C–N with tert-alkyl or cyclic N) is 1. The Kier molecular flexibility index (Phi) is 3.09. The molecule has 0 amide bonds. The van der Waals surface area contributed by atoms with Crippen molar-refractivity contribution in [2.24, 2.45) is 0 Å². The zero-order valence-electron chi connectivity index (χ0n) is 8.26. The summed E-state index contributed by atoms with van der Waals surface area (Å²) in [5, 5.41) is 13.3. The lowest BCUT2D eigenvalue weighted by Gasteiger charge is -2.21. The SMILES string of the molecule is OC1(Cc2ccc(F)c(Br)c2)CCNC1. The van der Waals surface area contributed by atoms with Crippen molar-refractivity contribution in [2.75, 3.05) is 13.1 Å². The van der Waals surface area contributed by atoms with Crippen LogP contribution >= 0.6 is 15.9 Å². The van der Waals surface area contributed by atoms with Crippen LogP contribution in [-0.4, -0.2) is 23.8 Å². The van der Waals surface area contributed by atoms with Crippen molar-refractivity contribution < 1.29 is 9.50 Å². The summed E-state index contributed by atoms with van der Waals surface area (Å²) in [5.41, 5.74) is 0.284. The fraction of sp³-hybridized carbons (Fsp3) is 0.455. The first kappa shape index (κ1) is 11.0. The van der Waals surface area contributed by atoms with E-state index in [1.807, 2.05) is 0 Å². The van der Waals surface area contributed by atoms with Crippen molar-refractivity contribution in [1.82, 2.24) is 5.32 Å². The van der Waals surface area contributed by atoms with Crippen molar-refractivity contribution >= 4 is 15.9 Å². The van der Waals surface area contributed by atoms with Crippen LogP contribution in [0.15, 0.2) is 22.7 Å². The largest absolute Gasteiger partial charge is 0.388 e. The molecule has 15 heavy (non-hydrogen) atoms. The predicted octanol–water partition coefficient (Wildman–Crippen LogP) is 1.86. The minimum atomic E-state index is -0.669. The third kappa shape index (κ3) is 2.56. The van der Waals surface area contributed by atoms with Gasteiger partial charge in [-0.3, -0.25) is 0 Å². The van der Waals surface area contributed by atoms with Gasteiger partial charge < -0.3 is 10.4 Å². The van der Waals surface area contributed by atoms with Crippen molar-refractivity contribution in [1.29, 1.82) is 0 Å². The van der Waals surface area contributed by atoms with Crippen molar-refractivity contribution in [3.63, 3.8) is 0 Å². The van der Waals surface area contributed by atoms with E-state index in [0.29, 0.717) is 17.4 Å². The highest BCUT2D eigenvalue weighted by Crippen LogP contribution is 2.23. The topological polar surface area (TPSA) is 32.3 Å². The number of halogens is 2. The molecule has 1 heterocycles. The van der Waals surface area contributed by atoms with E-state index in [9.17, 15) is 9.50 Å². The molecule has 0 aliphatic carbocycles. The highest BCUT2D eigenvalue weighted by Gasteiger charge is 2.31. The first-order chi connectivity index (χ1) is 7.09. The normalized spacial score (nSPS) is 25.8. The summed E-state index contributed by atoms with van der Waals surface area (Å²) >= 11 is 3.14. The van der Waals surface area contributed by atoms with E-state index in [0.717, 1.165) is 18.5 Å². The number of rotatable bonds is 2. The Morgan fingerprint density at radius 3 is 2.93 bits per heavy atom. The van der Waals surface area contributed by atoms with E-state index in [1.54, 1.807) is 12.1 Å². The van der Waals surface area contributed by atoms with Gasteiger partial charge in [0, 0.05) is 13.0 Å². The fourth-order valence-electron chi connectivity index (χ4n) is 1.91. The van der Waals surface area contributed by atoms with Crippen LogP contribution in [0.2, 0.25) is 0 Å². The van der Waals surface area contributed by atoms with Crippen LogP contribution in [0.1, 0.15) is 12.0 Å². The van der Waals surface area contributed by atoms with Crippen LogP contribution in [0.5, 0.6) is 0 Å². The summed E-state index contributed by atoms with van der Waals surface area (Å²) < 4.78 is 13.4. The second kappa shape index (κ2) is 4.20. The van der Waals surface area contributed by atoms with Gasteiger partial charge in [0.15, 0.2) is 0 Å². The number of hydrogen-bond acceptors (Lipinski definition) is 2. The molecule has 1 aliphatic rings. The monoisotopic (exact) mass is 273 g/mol. The highest BCUT2D eigenvalue weighted by atomic mass is 79.9. The standard InChI is InChI=1S/C11H13BrFNO/c12-9-5-8(1-2-10(9)13)6-11(15)3-4-14-7-11/h1-2,5,14-15H,3-4,6-7H2. The molecule has 1 fully saturated rings. The molecule has 2 rings (SSSR count). The quantitative estimate of drug-likeness (QED) is 0.862. The highest BCUT2D eigenvalue weighted by molar-refractivity contribution is 9.10. The maximum atomic E-state index is 13.0. The Bertz CT molecular complexity index is 364. The maximum absolute atomic E-state index is 13.0. The molecule has 0 radical (unpaired) electrons. The number of hydrogen-bond donors (Lipinski definition) is 2. The van der Waals surface area contributed by atoms with E-state index >= 15 is 0 Å². The van der Waals surface area contributed by atoms with E-state index < -0.39 is 5.60 Å². The van der Waals surface area contributed by atoms with E-state index in [2.05, 4.69) is 21.2 Å². The first-order valence-corrected chi connectivity index (χ1v) is 5.75. The zero-order valence-corrected chi connectivity index (χ0v) is 9.85. The molecule has 2 N–H and O–H groups in total. The minimum absolute atomic E-state index is 0.268. The van der Waals surface area contributed by atoms with E-state index in [-0.39, 0.29) is 5.82 Å². The molecular weight excluding hydrogens is 261 g/mol. The molecule has 0 saturated carbocycles. The fourth-order valence-corrected chi connectivity index (χ4v) is 2.34. The van der Waals surface area contributed by atoms with Gasteiger partial charge in [-0.2, -0.15) is 0 Å². The Morgan fingerprint density at radius 2 is 2.33 bits per heavy atom. The van der Waals surface area contributed by atoms with Gasteiger partial charge in [0.2, 0.25) is 0 Å². The van der Waals surface area contributed by atoms with Gasteiger partial charge in [-0.25, -0.2) is 4.39 Å². The molecule has 1 saturated heterocycles. The second-order valence-corrected chi connectivity index (χ2v) is 4.93. The van der Waals surface area contributed by atoms with Crippen LogP contribution in [0.4, 0.5) is 4.39 Å². The van der Waals surface area contributed by atoms with E-state index in [4.69, 9.17) is 0 Å². The molecule has 82 valence electrons. The summed E-state index contributed by atoms with van der Waals surface area (Å²) in [4.78, 5) is 0. The third-order valence-corrected chi connectivity index (χ3v) is 3.35. The van der Waals surface area contributed by atoms with E-state index in [1.165, 1.54) is 6.07 Å². The van der Waals surface area contributed by atoms with Gasteiger partial charge >= 0.3 is 0 Å². The Labute approximate surface area is 96.6 Å². The minimum Gasteiger partial charge on any atom is -0.388 e. The molecule has 0 spiro atoms. The molecule has 0 bridgehead atoms. The molecule has 1 atom stereocenters. The first-order valence-electron chi connectivity index (χ1n) is 4.96. The summed E-state index contributed by atoms with van der Waals surface area (Å²) in [5.74, 6) is -0.268. The smallest absolute Gasteiger partial charge is 0.137 e. The van der Waals surface area contributed by atoms with Gasteiger partial charge in [0.05, 0.1) is 10.1 Å². The molecule has 1 aliphatic heterocycles. The summed E-state index contributed by atoms with van der Waals surface area (Å²) in [7, 11) is 0. The third-order valence-electron chi connectivity index (χ3n) is 2.74. The second-order valence-electron chi connectivity index (χ2n) is 4.08. The van der Waals surface area contributed by atoms with Crippen LogP contribution in [0.25, 0.3) is 0 Å². The lowest BCUT2D eigenvalue weighted by Crippen LogP contribution is -2.33. The van der Waals surface area contributed by atoms with Crippen LogP contribution in [-0.2, 0) is 6.42 Å². The Morgan fingerprint density at radius 1 is 1.53 bits per heavy atom. The van der Waals surface area contributed by atoms with Crippen molar-refractivity contribution in [2.45, 2.75) is 18.4 Å². The Hall–Kier alpha value is -0.450. The number of nitrogens with one attached hydrogen (secondary N) is 1. The molecule has 1 aromatic carbocycles. The lowest BCUT2D eigenvalue weighted by atomic mass is 9.94. The number of aliphatic hydroxyl groups is 1. The van der Waals surface area contributed by atoms with Crippen LogP contribution < -0.4 is 5.32 Å². The van der Waals surface area contributed by atoms with Gasteiger partial charge in [-0.1, -0.05) is 6.07 Å². The molecule has 0 aromatic heterocycles. The molecular formula is C11H13BrFNO. The molecule has 2 nitrogen and oxygen atoms in total. The summed E-state index contributed by atoms with van der Waals surface area (Å²) in [6, 6.07) is 4.87. The van der Waals surface area contributed by atoms with Crippen LogP contribution in [0.3, 0.4) is 0 Å². The van der Waals surface area contributed by atoms with Gasteiger partial charge in [0.25, 0.3) is 0 Å². The summed E-state index contributed by atoms with van der Waals surface area (Å²) in [6.07, 6.45) is 1.32. The predicted molar refractivity (Wildman–Crippen MR) is 60.2 cm³/mol. The molecule has 1 aromatic rings. The zero-order chi connectivity index (χ0) is 10.9. The van der Waals surface area contributed by atoms with Gasteiger partial charge in [0.1, 0.15) is 5.82 Å². The molecule has 4 heteroatoms. The van der Waals surface area contributed by atoms with Gasteiger partial charge in [-0.05, 0) is 46.6 Å². The van der Waals surface area contributed by atoms with Crippen molar-refractivity contribution in [3.8, 4) is 0 Å². The Balaban J connectivity index is 2.13. The van der Waals surface area contributed by atoms with Crippen molar-refractivity contribution in [3.05, 3.63) is 34.1 Å². The average Bonchev–Trinajstić information content (AvgIpc) is 2.59. The average molecular weight is 274 g/mol. The van der Waals surface area contributed by atoms with Crippen LogP contribution in [0, 0.1) is 5.82 Å². The summed E-state index contributed by atoms with van der Waals surface area (Å²) in [6.45, 7) is 1.46. The molecule has 1 unspecified atom stereocenters.